The summed E-state index contributed by atoms with van der Waals surface area (Å²) in [6.45, 7) is 6.17. The molecule has 0 bridgehead atoms. The van der Waals surface area contributed by atoms with E-state index in [1.807, 2.05) is 26.0 Å². The minimum absolute atomic E-state index is 0.169. The van der Waals surface area contributed by atoms with Crippen molar-refractivity contribution in [2.24, 2.45) is 5.92 Å². The first-order valence-corrected chi connectivity index (χ1v) is 12.3. The van der Waals surface area contributed by atoms with Crippen molar-refractivity contribution in [2.45, 2.75) is 58.0 Å². The third-order valence-corrected chi connectivity index (χ3v) is 7.23. The average molecular weight is 493 g/mol. The molecule has 0 radical (unpaired) electrons. The topological polar surface area (TPSA) is 64.7 Å². The molecule has 0 amide bonds. The Morgan fingerprint density at radius 3 is 2.36 bits per heavy atom. The van der Waals surface area contributed by atoms with E-state index in [0.717, 1.165) is 59.5 Å². The van der Waals surface area contributed by atoms with Gasteiger partial charge in [0.1, 0.15) is 5.76 Å². The van der Waals surface area contributed by atoms with E-state index in [-0.39, 0.29) is 11.8 Å². The van der Waals surface area contributed by atoms with Crippen LogP contribution in [0.5, 0.6) is 0 Å². The molecule has 6 rings (SSSR count). The smallest absolute Gasteiger partial charge is 0.361 e. The number of pyridine rings is 1. The summed E-state index contributed by atoms with van der Waals surface area (Å²) in [5, 5.41) is 4.02. The second kappa shape index (κ2) is 9.48. The molecular formula is C28H27F3N4O. The zero-order chi connectivity index (χ0) is 25.4. The van der Waals surface area contributed by atoms with E-state index in [4.69, 9.17) is 14.5 Å². The Hall–Kier alpha value is -3.55. The van der Waals surface area contributed by atoms with Gasteiger partial charge in [0.15, 0.2) is 5.82 Å². The number of alkyl halides is 3. The number of fused-ring (bicyclic) bond motifs is 4. The van der Waals surface area contributed by atoms with E-state index in [9.17, 15) is 13.2 Å². The Balaban J connectivity index is 0.00000130. The van der Waals surface area contributed by atoms with Crippen LogP contribution in [0.25, 0.3) is 22.6 Å². The second-order valence-electron chi connectivity index (χ2n) is 9.09. The van der Waals surface area contributed by atoms with Crippen LogP contribution >= 0.6 is 0 Å². The normalized spacial score (nSPS) is 20.4. The molecule has 1 aromatic carbocycles. The first-order valence-electron chi connectivity index (χ1n) is 12.3. The fourth-order valence-corrected chi connectivity index (χ4v) is 5.53. The lowest BCUT2D eigenvalue weighted by molar-refractivity contribution is -0.137. The van der Waals surface area contributed by atoms with E-state index in [1.54, 1.807) is 18.6 Å². The van der Waals surface area contributed by atoms with Crippen LogP contribution in [0.3, 0.4) is 0 Å². The highest BCUT2D eigenvalue weighted by Gasteiger charge is 2.42. The van der Waals surface area contributed by atoms with Crippen LogP contribution in [0.1, 0.15) is 67.2 Å². The molecule has 0 fully saturated rings. The predicted octanol–water partition coefficient (Wildman–Crippen LogP) is 7.24. The molecule has 2 aliphatic rings. The first-order chi connectivity index (χ1) is 17.4. The molecule has 0 aliphatic heterocycles. The molecule has 3 aromatic heterocycles. The summed E-state index contributed by atoms with van der Waals surface area (Å²) in [4.78, 5) is 14.0. The van der Waals surface area contributed by atoms with Gasteiger partial charge in [0.05, 0.1) is 23.1 Å². The summed E-state index contributed by atoms with van der Waals surface area (Å²) in [6.07, 6.45) is 3.25. The lowest BCUT2D eigenvalue weighted by Gasteiger charge is -2.39. The summed E-state index contributed by atoms with van der Waals surface area (Å²) in [5.74, 6) is 2.26. The molecular weight excluding hydrogens is 465 g/mol. The molecule has 3 unspecified atom stereocenters. The van der Waals surface area contributed by atoms with Crippen molar-refractivity contribution in [3.05, 3.63) is 83.1 Å². The fourth-order valence-electron chi connectivity index (χ4n) is 5.53. The van der Waals surface area contributed by atoms with Crippen LogP contribution in [0.2, 0.25) is 0 Å². The maximum atomic E-state index is 13.2. The first kappa shape index (κ1) is 24.2. The average Bonchev–Trinajstić information content (AvgIpc) is 3.38. The highest BCUT2D eigenvalue weighted by molar-refractivity contribution is 5.69. The van der Waals surface area contributed by atoms with Gasteiger partial charge in [0.25, 0.3) is 0 Å². The van der Waals surface area contributed by atoms with Gasteiger partial charge in [0.2, 0.25) is 0 Å². The Bertz CT molecular complexity index is 1350. The standard InChI is InChI=1S/C26H21F3N4O.C2H6/c1-14-19-6-7-20-22(15-2-4-18(5-3-15)26(27,28)29)32-25(16-8-10-30-11-9-16)33-23(20)21(19)12-17-13-31-34-24(14)17;1-2/h2-5,8-11,13-14,19,21H,6-7,12H2,1H3;1-2H3. The molecule has 0 saturated heterocycles. The third-order valence-electron chi connectivity index (χ3n) is 7.23. The maximum Gasteiger partial charge on any atom is 0.416 e. The van der Waals surface area contributed by atoms with Gasteiger partial charge in [-0.2, -0.15) is 13.2 Å². The van der Waals surface area contributed by atoms with Gasteiger partial charge in [-0.15, -0.1) is 0 Å². The van der Waals surface area contributed by atoms with Crippen molar-refractivity contribution in [3.63, 3.8) is 0 Å². The number of rotatable bonds is 2. The van der Waals surface area contributed by atoms with Gasteiger partial charge in [-0.1, -0.05) is 38.1 Å². The van der Waals surface area contributed by atoms with E-state index in [2.05, 4.69) is 17.1 Å². The van der Waals surface area contributed by atoms with Crippen LogP contribution in [-0.2, 0) is 19.0 Å². The lowest BCUT2D eigenvalue weighted by Crippen LogP contribution is -2.32. The molecule has 4 aromatic rings. The van der Waals surface area contributed by atoms with Crippen molar-refractivity contribution < 1.29 is 17.7 Å². The maximum absolute atomic E-state index is 13.2. The number of aromatic nitrogens is 4. The van der Waals surface area contributed by atoms with Crippen molar-refractivity contribution in [1.29, 1.82) is 0 Å². The highest BCUT2D eigenvalue weighted by Crippen LogP contribution is 2.50. The van der Waals surface area contributed by atoms with Gasteiger partial charge in [-0.25, -0.2) is 9.97 Å². The number of halogens is 3. The molecule has 186 valence electrons. The van der Waals surface area contributed by atoms with Crippen molar-refractivity contribution in [2.75, 3.05) is 0 Å². The van der Waals surface area contributed by atoms with Gasteiger partial charge in [-0.05, 0) is 49.4 Å². The van der Waals surface area contributed by atoms with Crippen molar-refractivity contribution in [3.8, 4) is 22.6 Å². The highest BCUT2D eigenvalue weighted by atomic mass is 19.4. The number of benzene rings is 1. The Morgan fingerprint density at radius 2 is 1.67 bits per heavy atom. The molecule has 36 heavy (non-hydrogen) atoms. The van der Waals surface area contributed by atoms with E-state index in [1.165, 1.54) is 12.1 Å². The SMILES string of the molecule is CC.CC1c2oncc2CC2c3nc(-c4ccncc4)nc(-c4ccc(C(F)(F)F)cc4)c3CCC12. The Labute approximate surface area is 207 Å². The Morgan fingerprint density at radius 1 is 0.944 bits per heavy atom. The van der Waals surface area contributed by atoms with Gasteiger partial charge >= 0.3 is 6.18 Å². The lowest BCUT2D eigenvalue weighted by atomic mass is 9.65. The van der Waals surface area contributed by atoms with Gasteiger partial charge < -0.3 is 4.52 Å². The van der Waals surface area contributed by atoms with Crippen molar-refractivity contribution >= 4 is 0 Å². The molecule has 2 aliphatic carbocycles. The van der Waals surface area contributed by atoms with Gasteiger partial charge in [-0.3, -0.25) is 4.98 Å². The number of hydrogen-bond donors (Lipinski definition) is 0. The summed E-state index contributed by atoms with van der Waals surface area (Å²) < 4.78 is 45.0. The molecule has 8 heteroatoms. The molecule has 3 atom stereocenters. The van der Waals surface area contributed by atoms with Gasteiger partial charge in [0, 0.05) is 46.5 Å². The minimum atomic E-state index is -4.38. The monoisotopic (exact) mass is 492 g/mol. The number of nitrogens with zero attached hydrogens (tertiary/aromatic N) is 4. The van der Waals surface area contributed by atoms with Crippen LogP contribution in [-0.4, -0.2) is 20.1 Å². The molecule has 3 heterocycles. The molecule has 5 nitrogen and oxygen atoms in total. The molecule has 0 N–H and O–H groups in total. The summed E-state index contributed by atoms with van der Waals surface area (Å²) in [6, 6.07) is 8.95. The Kier molecular flexibility index (Phi) is 6.36. The van der Waals surface area contributed by atoms with E-state index in [0.29, 0.717) is 23.0 Å². The van der Waals surface area contributed by atoms with Crippen LogP contribution in [0, 0.1) is 5.92 Å². The predicted molar refractivity (Wildman–Crippen MR) is 130 cm³/mol. The third kappa shape index (κ3) is 4.18. The second-order valence-corrected chi connectivity index (χ2v) is 9.09. The van der Waals surface area contributed by atoms with Crippen LogP contribution in [0.4, 0.5) is 13.2 Å². The summed E-state index contributed by atoms with van der Waals surface area (Å²) >= 11 is 0. The zero-order valence-corrected chi connectivity index (χ0v) is 20.4. The molecule has 0 spiro atoms. The quantitative estimate of drug-likeness (QED) is 0.295. The van der Waals surface area contributed by atoms with Crippen LogP contribution < -0.4 is 0 Å². The largest absolute Gasteiger partial charge is 0.416 e. The number of hydrogen-bond acceptors (Lipinski definition) is 5. The zero-order valence-electron chi connectivity index (χ0n) is 20.4. The molecule has 0 saturated carbocycles. The summed E-state index contributed by atoms with van der Waals surface area (Å²) in [7, 11) is 0. The fraction of sp³-hybridized carbons (Fsp3) is 0.357. The summed E-state index contributed by atoms with van der Waals surface area (Å²) in [5.41, 5.74) is 4.61. The van der Waals surface area contributed by atoms with E-state index >= 15 is 0 Å². The van der Waals surface area contributed by atoms with E-state index < -0.39 is 11.7 Å². The van der Waals surface area contributed by atoms with Crippen LogP contribution in [0.15, 0.2) is 59.5 Å². The van der Waals surface area contributed by atoms with Crippen molar-refractivity contribution in [1.82, 2.24) is 20.1 Å². The minimum Gasteiger partial charge on any atom is -0.361 e.